The summed E-state index contributed by atoms with van der Waals surface area (Å²) in [5, 5.41) is 7.32. The second-order valence-corrected chi connectivity index (χ2v) is 5.32. The molecule has 0 spiro atoms. The molecular formula is C14H10F3N5O2. The maximum absolute atomic E-state index is 13.3. The van der Waals surface area contributed by atoms with E-state index >= 15 is 0 Å². The van der Waals surface area contributed by atoms with Crippen LogP contribution in [-0.4, -0.2) is 24.7 Å². The van der Waals surface area contributed by atoms with Gasteiger partial charge in [0, 0.05) is 11.9 Å². The molecule has 124 valence electrons. The van der Waals surface area contributed by atoms with Crippen LogP contribution in [0, 0.1) is 6.92 Å². The molecule has 24 heavy (non-hydrogen) atoms. The molecule has 0 bridgehead atoms. The quantitative estimate of drug-likeness (QED) is 0.679. The zero-order valence-electron chi connectivity index (χ0n) is 12.5. The molecule has 4 rings (SSSR count). The first-order chi connectivity index (χ1) is 11.3. The fourth-order valence-corrected chi connectivity index (χ4v) is 2.60. The molecule has 0 aliphatic carbocycles. The highest BCUT2D eigenvalue weighted by molar-refractivity contribution is 5.55. The number of hydrogen-bond donors (Lipinski definition) is 0. The number of nitrogens with zero attached hydrogens (tertiary/aromatic N) is 5. The van der Waals surface area contributed by atoms with Gasteiger partial charge in [0.05, 0.1) is 0 Å². The first-order valence-corrected chi connectivity index (χ1v) is 6.96. The van der Waals surface area contributed by atoms with Gasteiger partial charge in [-0.3, -0.25) is 4.57 Å². The summed E-state index contributed by atoms with van der Waals surface area (Å²) in [4.78, 5) is 8.50. The second-order valence-electron chi connectivity index (χ2n) is 5.32. The first kappa shape index (κ1) is 14.7. The minimum Gasteiger partial charge on any atom is -0.478 e. The number of ether oxygens (including phenoxy) is 1. The van der Waals surface area contributed by atoms with Crippen LogP contribution in [0.3, 0.4) is 0 Å². The van der Waals surface area contributed by atoms with Crippen molar-refractivity contribution in [2.75, 3.05) is 0 Å². The number of rotatable bonds is 1. The molecule has 3 aromatic rings. The summed E-state index contributed by atoms with van der Waals surface area (Å²) in [5.74, 6) is 0.285. The van der Waals surface area contributed by atoms with E-state index in [4.69, 9.17) is 9.15 Å². The second kappa shape index (κ2) is 4.79. The van der Waals surface area contributed by atoms with Crippen LogP contribution >= 0.6 is 0 Å². The molecule has 0 aromatic carbocycles. The summed E-state index contributed by atoms with van der Waals surface area (Å²) in [6.07, 6.45) is -2.59. The van der Waals surface area contributed by atoms with Crippen LogP contribution in [-0.2, 0) is 6.18 Å². The topological polar surface area (TPSA) is 78.9 Å². The van der Waals surface area contributed by atoms with Crippen molar-refractivity contribution >= 4 is 0 Å². The molecule has 3 aromatic heterocycles. The minimum absolute atomic E-state index is 0.0358. The average Bonchev–Trinajstić information content (AvgIpc) is 3.15. The summed E-state index contributed by atoms with van der Waals surface area (Å²) in [6.45, 7) is 3.10. The number of alkyl halides is 3. The Morgan fingerprint density at radius 1 is 1.25 bits per heavy atom. The molecule has 7 nitrogen and oxygen atoms in total. The Morgan fingerprint density at radius 3 is 2.71 bits per heavy atom. The highest BCUT2D eigenvalue weighted by Gasteiger charge is 2.40. The summed E-state index contributed by atoms with van der Waals surface area (Å²) >= 11 is 0. The number of aromatic nitrogens is 5. The summed E-state index contributed by atoms with van der Waals surface area (Å²) in [6, 6.07) is 0.965. The van der Waals surface area contributed by atoms with Gasteiger partial charge >= 0.3 is 6.18 Å². The Balaban J connectivity index is 1.96. The Bertz CT molecular complexity index is 917. The van der Waals surface area contributed by atoms with E-state index < -0.39 is 17.8 Å². The minimum atomic E-state index is -4.55. The highest BCUT2D eigenvalue weighted by Crippen LogP contribution is 2.44. The van der Waals surface area contributed by atoms with E-state index in [1.165, 1.54) is 17.7 Å². The van der Waals surface area contributed by atoms with E-state index in [1.807, 2.05) is 0 Å². The van der Waals surface area contributed by atoms with Gasteiger partial charge in [-0.05, 0) is 19.9 Å². The predicted molar refractivity (Wildman–Crippen MR) is 73.4 cm³/mol. The maximum atomic E-state index is 13.3. The van der Waals surface area contributed by atoms with Gasteiger partial charge in [0.1, 0.15) is 11.3 Å². The normalized spacial score (nSPS) is 16.5. The van der Waals surface area contributed by atoms with Crippen LogP contribution in [0.25, 0.3) is 17.4 Å². The van der Waals surface area contributed by atoms with Gasteiger partial charge in [-0.25, -0.2) is 9.97 Å². The van der Waals surface area contributed by atoms with Crippen molar-refractivity contribution < 1.29 is 22.3 Å². The number of hydrogen-bond acceptors (Lipinski definition) is 6. The summed E-state index contributed by atoms with van der Waals surface area (Å²) in [5.41, 5.74) is -0.309. The fraction of sp³-hybridized carbons (Fsp3) is 0.286. The monoisotopic (exact) mass is 337 g/mol. The molecule has 1 atom stereocenters. The first-order valence-electron chi connectivity index (χ1n) is 6.96. The summed E-state index contributed by atoms with van der Waals surface area (Å²) in [7, 11) is 0. The molecule has 0 N–H and O–H groups in total. The van der Waals surface area contributed by atoms with Crippen molar-refractivity contribution in [3.8, 4) is 23.2 Å². The molecular weight excluding hydrogens is 327 g/mol. The molecule has 10 heteroatoms. The van der Waals surface area contributed by atoms with Crippen LogP contribution in [0.15, 0.2) is 23.1 Å². The lowest BCUT2D eigenvalue weighted by Crippen LogP contribution is -2.22. The van der Waals surface area contributed by atoms with E-state index in [9.17, 15) is 13.2 Å². The molecule has 0 saturated heterocycles. The van der Waals surface area contributed by atoms with Gasteiger partial charge < -0.3 is 9.15 Å². The standard InChI is InChI=1S/C14H10F3N5O2/c1-6-3-8(14(15,16)17)10-12(19-6)22-4-9(13-21-18-5-23-13)20-11(22)7(2)24-10/h3-5,7H,1-2H3/t7-/m0/s1. The Hall–Kier alpha value is -2.91. The number of pyridine rings is 1. The van der Waals surface area contributed by atoms with Crippen LogP contribution in [0.4, 0.5) is 13.2 Å². The smallest absolute Gasteiger partial charge is 0.420 e. The van der Waals surface area contributed by atoms with Gasteiger partial charge in [0.25, 0.3) is 5.89 Å². The summed E-state index contributed by atoms with van der Waals surface area (Å²) < 4.78 is 52.0. The molecule has 1 aliphatic rings. The third kappa shape index (κ3) is 2.14. The Labute approximate surface area is 133 Å². The van der Waals surface area contributed by atoms with E-state index in [2.05, 4.69) is 20.2 Å². The lowest BCUT2D eigenvalue weighted by Gasteiger charge is -2.26. The van der Waals surface area contributed by atoms with Crippen LogP contribution in [0.1, 0.15) is 30.1 Å². The van der Waals surface area contributed by atoms with Crippen molar-refractivity contribution in [3.63, 3.8) is 0 Å². The lowest BCUT2D eigenvalue weighted by molar-refractivity contribution is -0.139. The third-order valence-electron chi connectivity index (χ3n) is 3.59. The van der Waals surface area contributed by atoms with Crippen molar-refractivity contribution in [2.45, 2.75) is 26.1 Å². The molecule has 0 amide bonds. The van der Waals surface area contributed by atoms with E-state index in [-0.39, 0.29) is 23.2 Å². The third-order valence-corrected chi connectivity index (χ3v) is 3.59. The van der Waals surface area contributed by atoms with Gasteiger partial charge in [0.2, 0.25) is 6.39 Å². The zero-order valence-corrected chi connectivity index (χ0v) is 12.5. The van der Waals surface area contributed by atoms with E-state index in [0.717, 1.165) is 12.5 Å². The number of imidazole rings is 1. The Kier molecular flexibility index (Phi) is 2.93. The molecule has 0 unspecified atom stereocenters. The maximum Gasteiger partial charge on any atom is 0.420 e. The number of fused-ring (bicyclic) bond motifs is 3. The van der Waals surface area contributed by atoms with Crippen molar-refractivity contribution in [1.29, 1.82) is 0 Å². The van der Waals surface area contributed by atoms with Crippen molar-refractivity contribution in [3.05, 3.63) is 35.7 Å². The average molecular weight is 337 g/mol. The lowest BCUT2D eigenvalue weighted by atomic mass is 10.1. The van der Waals surface area contributed by atoms with Crippen LogP contribution in [0.5, 0.6) is 5.75 Å². The van der Waals surface area contributed by atoms with E-state index in [0.29, 0.717) is 11.5 Å². The molecule has 0 saturated carbocycles. The van der Waals surface area contributed by atoms with Gasteiger partial charge in [0.15, 0.2) is 23.5 Å². The van der Waals surface area contributed by atoms with E-state index in [1.54, 1.807) is 6.92 Å². The number of halogens is 3. The van der Waals surface area contributed by atoms with Gasteiger partial charge in [-0.15, -0.1) is 10.2 Å². The van der Waals surface area contributed by atoms with Crippen LogP contribution in [0.2, 0.25) is 0 Å². The van der Waals surface area contributed by atoms with Crippen molar-refractivity contribution in [2.24, 2.45) is 0 Å². The number of aryl methyl sites for hydroxylation is 1. The SMILES string of the molecule is Cc1cc(C(F)(F)F)c2c(n1)-n1cc(-c3nnco3)nc1[C@H](C)O2. The van der Waals surface area contributed by atoms with Crippen molar-refractivity contribution in [1.82, 2.24) is 24.7 Å². The Morgan fingerprint density at radius 2 is 2.04 bits per heavy atom. The molecule has 1 aliphatic heterocycles. The zero-order chi connectivity index (χ0) is 17.1. The van der Waals surface area contributed by atoms with Gasteiger partial charge in [-0.2, -0.15) is 13.2 Å². The molecule has 4 heterocycles. The van der Waals surface area contributed by atoms with Crippen LogP contribution < -0.4 is 4.74 Å². The van der Waals surface area contributed by atoms with Gasteiger partial charge in [-0.1, -0.05) is 0 Å². The highest BCUT2D eigenvalue weighted by atomic mass is 19.4. The largest absolute Gasteiger partial charge is 0.478 e. The fourth-order valence-electron chi connectivity index (χ4n) is 2.60. The predicted octanol–water partition coefficient (Wildman–Crippen LogP) is 3.10. The molecule has 0 fully saturated rings. The molecule has 0 radical (unpaired) electrons.